The smallest absolute Gasteiger partial charge is 0.407 e. The first kappa shape index (κ1) is 33.6. The molecule has 0 aliphatic carbocycles. The minimum atomic E-state index is -1.07. The van der Waals surface area contributed by atoms with Crippen LogP contribution in [0.1, 0.15) is 57.6 Å². The van der Waals surface area contributed by atoms with Crippen molar-refractivity contribution in [2.75, 3.05) is 24.5 Å². The highest BCUT2D eigenvalue weighted by Gasteiger charge is 2.34. The maximum atomic E-state index is 13.6. The van der Waals surface area contributed by atoms with Gasteiger partial charge in [-0.25, -0.2) is 9.78 Å². The molecule has 0 saturated carbocycles. The second-order valence-corrected chi connectivity index (χ2v) is 14.2. The van der Waals surface area contributed by atoms with E-state index in [4.69, 9.17) is 16.3 Å². The number of piperidine rings is 1. The highest BCUT2D eigenvalue weighted by Crippen LogP contribution is 2.31. The van der Waals surface area contributed by atoms with Gasteiger partial charge in [-0.1, -0.05) is 41.9 Å². The molecular formula is C35H42ClN7O5. The van der Waals surface area contributed by atoms with Gasteiger partial charge in [-0.05, 0) is 63.3 Å². The molecule has 254 valence electrons. The third-order valence-electron chi connectivity index (χ3n) is 8.94. The second-order valence-electron chi connectivity index (χ2n) is 13.8. The fraction of sp³-hybridized carbons (Fsp3) is 0.457. The van der Waals surface area contributed by atoms with Crippen molar-refractivity contribution in [2.45, 2.75) is 77.3 Å². The quantitative estimate of drug-likeness (QED) is 0.276. The summed E-state index contributed by atoms with van der Waals surface area (Å²) in [5.74, 6) is 0.128. The number of carbonyl (C=O) groups is 2. The number of aliphatic hydroxyl groups is 1. The third-order valence-corrected chi connectivity index (χ3v) is 9.29. The van der Waals surface area contributed by atoms with Gasteiger partial charge in [0, 0.05) is 62.5 Å². The van der Waals surface area contributed by atoms with E-state index >= 15 is 0 Å². The van der Waals surface area contributed by atoms with Crippen LogP contribution >= 0.6 is 11.6 Å². The molecule has 0 atom stereocenters. The largest absolute Gasteiger partial charge is 0.444 e. The van der Waals surface area contributed by atoms with Crippen LogP contribution in [0.2, 0.25) is 5.02 Å². The molecule has 0 radical (unpaired) electrons. The van der Waals surface area contributed by atoms with Gasteiger partial charge in [0.25, 0.3) is 5.56 Å². The number of likely N-dealkylation sites (tertiary alicyclic amines) is 1. The number of aromatic nitrogens is 4. The SMILES string of the molecule is Cn1nc2c(=O)n(CC3(O)CCN(Cc4ccc(N5CCCC5=O)cc4Cl)CC3)cnc2c1-c1ccc(CNC(=O)OC(C)(C)C)cc1. The van der Waals surface area contributed by atoms with E-state index < -0.39 is 17.3 Å². The summed E-state index contributed by atoms with van der Waals surface area (Å²) in [6.45, 7) is 8.51. The molecular weight excluding hydrogens is 634 g/mol. The van der Waals surface area contributed by atoms with Gasteiger partial charge < -0.3 is 20.1 Å². The van der Waals surface area contributed by atoms with Crippen LogP contribution in [0.4, 0.5) is 10.5 Å². The average Bonchev–Trinajstić information content (AvgIpc) is 3.61. The molecule has 4 heterocycles. The lowest BCUT2D eigenvalue weighted by atomic mass is 9.91. The predicted molar refractivity (Wildman–Crippen MR) is 184 cm³/mol. The monoisotopic (exact) mass is 675 g/mol. The van der Waals surface area contributed by atoms with E-state index in [1.807, 2.05) is 63.2 Å². The number of ether oxygens (including phenoxy) is 1. The van der Waals surface area contributed by atoms with Gasteiger partial charge in [0.15, 0.2) is 5.52 Å². The van der Waals surface area contributed by atoms with Gasteiger partial charge in [-0.2, -0.15) is 5.10 Å². The molecule has 13 heteroatoms. The van der Waals surface area contributed by atoms with Crippen molar-refractivity contribution < 1.29 is 19.4 Å². The van der Waals surface area contributed by atoms with Crippen molar-refractivity contribution in [3.8, 4) is 11.3 Å². The normalized spacial score (nSPS) is 16.9. The number of nitrogens with zero attached hydrogens (tertiary/aromatic N) is 6. The Hall–Kier alpha value is -4.26. The summed E-state index contributed by atoms with van der Waals surface area (Å²) in [6.07, 6.45) is 3.41. The first-order valence-electron chi connectivity index (χ1n) is 16.3. The highest BCUT2D eigenvalue weighted by molar-refractivity contribution is 6.31. The maximum absolute atomic E-state index is 13.6. The van der Waals surface area contributed by atoms with E-state index in [2.05, 4.69) is 20.3 Å². The Bertz CT molecular complexity index is 1890. The van der Waals surface area contributed by atoms with Crippen molar-refractivity contribution in [3.05, 3.63) is 75.3 Å². The van der Waals surface area contributed by atoms with Gasteiger partial charge in [-0.3, -0.25) is 23.7 Å². The molecule has 48 heavy (non-hydrogen) atoms. The Morgan fingerprint density at radius 1 is 1.06 bits per heavy atom. The van der Waals surface area contributed by atoms with Crippen LogP contribution in [0.3, 0.4) is 0 Å². The minimum absolute atomic E-state index is 0.118. The Balaban J connectivity index is 1.09. The Morgan fingerprint density at radius 3 is 2.44 bits per heavy atom. The standard InChI is InChI=1S/C35H42ClN7O5/c1-34(2,3)48-33(46)37-19-23-7-9-24(10-8-23)31-29-30(39-40(31)4)32(45)42(22-38-29)21-35(47)13-16-41(17-14-35)20-25-11-12-26(18-27(25)36)43-15-5-6-28(43)44/h7-12,18,22,47H,5-6,13-17,19-21H2,1-4H3,(H,37,46). The summed E-state index contributed by atoms with van der Waals surface area (Å²) in [7, 11) is 1.77. The number of fused-ring (bicyclic) bond motifs is 1. The predicted octanol–water partition coefficient (Wildman–Crippen LogP) is 4.63. The number of alkyl carbamates (subject to hydrolysis) is 1. The Labute approximate surface area is 284 Å². The molecule has 2 N–H and O–H groups in total. The number of rotatable bonds is 8. The number of hydrogen-bond donors (Lipinski definition) is 2. The van der Waals surface area contributed by atoms with E-state index in [0.717, 1.165) is 35.3 Å². The molecule has 4 aromatic rings. The van der Waals surface area contributed by atoms with Crippen LogP contribution in [0.5, 0.6) is 0 Å². The molecule has 2 amide bonds. The zero-order valence-electron chi connectivity index (χ0n) is 27.8. The van der Waals surface area contributed by atoms with Crippen LogP contribution in [0.25, 0.3) is 22.3 Å². The molecule has 2 fully saturated rings. The molecule has 2 aromatic heterocycles. The summed E-state index contributed by atoms with van der Waals surface area (Å²) in [4.78, 5) is 46.3. The second kappa shape index (κ2) is 13.3. The molecule has 2 aliphatic rings. The third kappa shape index (κ3) is 7.40. The van der Waals surface area contributed by atoms with E-state index in [0.29, 0.717) is 61.7 Å². The lowest BCUT2D eigenvalue weighted by Crippen LogP contribution is -2.47. The van der Waals surface area contributed by atoms with Crippen molar-refractivity contribution in [3.63, 3.8) is 0 Å². The van der Waals surface area contributed by atoms with Crippen LogP contribution in [0, 0.1) is 0 Å². The van der Waals surface area contributed by atoms with E-state index in [-0.39, 0.29) is 23.5 Å². The molecule has 6 rings (SSSR count). The molecule has 12 nitrogen and oxygen atoms in total. The maximum Gasteiger partial charge on any atom is 0.407 e. The van der Waals surface area contributed by atoms with Gasteiger partial charge in [0.2, 0.25) is 5.91 Å². The molecule has 2 aliphatic heterocycles. The van der Waals surface area contributed by atoms with Gasteiger partial charge in [-0.15, -0.1) is 0 Å². The van der Waals surface area contributed by atoms with Crippen LogP contribution in [-0.2, 0) is 36.2 Å². The molecule has 0 bridgehead atoms. The Kier molecular flexibility index (Phi) is 9.34. The molecule has 0 unspecified atom stereocenters. The van der Waals surface area contributed by atoms with Crippen molar-refractivity contribution in [1.82, 2.24) is 29.5 Å². The van der Waals surface area contributed by atoms with Crippen molar-refractivity contribution >= 4 is 40.3 Å². The molecule has 2 saturated heterocycles. The number of aryl methyl sites for hydroxylation is 1. The lowest BCUT2D eigenvalue weighted by Gasteiger charge is -2.38. The zero-order chi connectivity index (χ0) is 34.2. The zero-order valence-corrected chi connectivity index (χ0v) is 28.6. The summed E-state index contributed by atoms with van der Waals surface area (Å²) >= 11 is 6.62. The first-order valence-corrected chi connectivity index (χ1v) is 16.7. The number of benzene rings is 2. The van der Waals surface area contributed by atoms with Crippen LogP contribution in [0.15, 0.2) is 53.6 Å². The van der Waals surface area contributed by atoms with E-state index in [1.165, 1.54) is 10.9 Å². The number of halogens is 1. The fourth-order valence-corrected chi connectivity index (χ4v) is 6.63. The topological polar surface area (TPSA) is 135 Å². The molecule has 2 aromatic carbocycles. The summed E-state index contributed by atoms with van der Waals surface area (Å²) in [6, 6.07) is 13.4. The minimum Gasteiger partial charge on any atom is -0.444 e. The fourth-order valence-electron chi connectivity index (χ4n) is 6.40. The lowest BCUT2D eigenvalue weighted by molar-refractivity contribution is -0.117. The van der Waals surface area contributed by atoms with Gasteiger partial charge >= 0.3 is 6.09 Å². The van der Waals surface area contributed by atoms with Crippen molar-refractivity contribution in [1.29, 1.82) is 0 Å². The number of amides is 2. The summed E-state index contributed by atoms with van der Waals surface area (Å²) in [5, 5.41) is 19.4. The number of nitrogens with one attached hydrogen (secondary N) is 1. The Morgan fingerprint density at radius 2 is 1.79 bits per heavy atom. The van der Waals surface area contributed by atoms with Gasteiger partial charge in [0.1, 0.15) is 11.1 Å². The van der Waals surface area contributed by atoms with E-state index in [1.54, 1.807) is 16.6 Å². The van der Waals surface area contributed by atoms with E-state index in [9.17, 15) is 19.5 Å². The summed E-state index contributed by atoms with van der Waals surface area (Å²) < 4.78 is 8.40. The average molecular weight is 676 g/mol. The van der Waals surface area contributed by atoms with Crippen LogP contribution < -0.4 is 15.8 Å². The summed E-state index contributed by atoms with van der Waals surface area (Å²) in [5.41, 5.74) is 3.00. The van der Waals surface area contributed by atoms with Crippen LogP contribution in [-0.4, -0.2) is 72.2 Å². The number of hydrogen-bond acceptors (Lipinski definition) is 8. The number of anilines is 1. The first-order chi connectivity index (χ1) is 22.8. The highest BCUT2D eigenvalue weighted by atomic mass is 35.5. The number of carbonyl (C=O) groups excluding carboxylic acids is 2. The molecule has 0 spiro atoms. The van der Waals surface area contributed by atoms with Crippen molar-refractivity contribution in [2.24, 2.45) is 7.05 Å². The van der Waals surface area contributed by atoms with Gasteiger partial charge in [0.05, 0.1) is 24.2 Å².